The summed E-state index contributed by atoms with van der Waals surface area (Å²) in [5, 5.41) is 0. The molecule has 3 aliphatic rings. The van der Waals surface area contributed by atoms with Gasteiger partial charge in [-0.15, -0.1) is 0 Å². The average molecular weight is 337 g/mol. The molecule has 7 heteroatoms. The molecule has 24 heavy (non-hydrogen) atoms. The minimum absolute atomic E-state index is 0.0521. The first-order chi connectivity index (χ1) is 11.4. The highest BCUT2D eigenvalue weighted by molar-refractivity contribution is 5.96. The molecule has 2 aliphatic heterocycles. The number of halogens is 2. The van der Waals surface area contributed by atoms with E-state index in [1.165, 1.54) is 0 Å². The van der Waals surface area contributed by atoms with Crippen LogP contribution in [0.4, 0.5) is 8.78 Å². The Morgan fingerprint density at radius 2 is 2.04 bits per heavy atom. The maximum absolute atomic E-state index is 13.4. The van der Waals surface area contributed by atoms with E-state index in [2.05, 4.69) is 9.88 Å². The molecule has 4 rings (SSSR count). The fraction of sp³-hybridized carbons (Fsp3) is 0.647. The van der Waals surface area contributed by atoms with Gasteiger partial charge in [0.25, 0.3) is 5.91 Å². The Hall–Kier alpha value is -1.76. The molecule has 0 radical (unpaired) electrons. The highest BCUT2D eigenvalue weighted by Crippen LogP contribution is 2.37. The molecule has 0 aromatic carbocycles. The fourth-order valence-electron chi connectivity index (χ4n) is 4.09. The Bertz CT molecular complexity index is 644. The second-order valence-electron chi connectivity index (χ2n) is 7.04. The third-order valence-corrected chi connectivity index (χ3v) is 5.55. The Morgan fingerprint density at radius 3 is 2.79 bits per heavy atom. The number of rotatable bonds is 1. The van der Waals surface area contributed by atoms with E-state index in [0.29, 0.717) is 37.4 Å². The summed E-state index contributed by atoms with van der Waals surface area (Å²) in [7, 11) is 1.78. The number of hydrogen-bond donors (Lipinski definition) is 0. The molecule has 0 N–H and O–H groups in total. The van der Waals surface area contributed by atoms with E-state index in [0.717, 1.165) is 0 Å². The van der Waals surface area contributed by atoms with Crippen molar-refractivity contribution in [2.24, 2.45) is 0 Å². The molecule has 1 aromatic rings. The van der Waals surface area contributed by atoms with E-state index in [-0.39, 0.29) is 36.9 Å². The molecular weight excluding hydrogens is 316 g/mol. The summed E-state index contributed by atoms with van der Waals surface area (Å²) in [5.41, 5.74) is 0.484. The average Bonchev–Trinajstić information content (AvgIpc) is 2.94. The molecular formula is C17H21F2N3O2. The van der Waals surface area contributed by atoms with Crippen LogP contribution in [0.2, 0.25) is 0 Å². The number of carbonyl (C=O) groups is 1. The van der Waals surface area contributed by atoms with Crippen molar-refractivity contribution in [2.45, 2.75) is 49.8 Å². The van der Waals surface area contributed by atoms with Crippen molar-refractivity contribution in [3.8, 4) is 5.88 Å². The van der Waals surface area contributed by atoms with Gasteiger partial charge < -0.3 is 9.64 Å². The monoisotopic (exact) mass is 337 g/mol. The Labute approximate surface area is 139 Å². The van der Waals surface area contributed by atoms with Gasteiger partial charge in [0.05, 0.1) is 6.04 Å². The predicted molar refractivity (Wildman–Crippen MR) is 83.3 cm³/mol. The zero-order chi connectivity index (χ0) is 16.9. The zero-order valence-electron chi connectivity index (χ0n) is 13.6. The van der Waals surface area contributed by atoms with E-state index in [1.807, 2.05) is 0 Å². The van der Waals surface area contributed by atoms with Crippen LogP contribution < -0.4 is 4.74 Å². The maximum Gasteiger partial charge on any atom is 0.259 e. The molecule has 3 heterocycles. The van der Waals surface area contributed by atoms with Gasteiger partial charge in [0, 0.05) is 45.2 Å². The van der Waals surface area contributed by atoms with Crippen molar-refractivity contribution in [1.29, 1.82) is 0 Å². The standard InChI is InChI=1S/C17H21F2N3O2/c1-21-13-9-22(11-4-6-17(18,19)7-5-11)10-14(13)24-15-12(16(21)23)3-2-8-20-15/h2-3,8,11,13-14H,4-7,9-10H2,1H3/t13-,14+/m1/s1. The van der Waals surface area contributed by atoms with E-state index in [9.17, 15) is 13.6 Å². The zero-order valence-corrected chi connectivity index (χ0v) is 13.6. The van der Waals surface area contributed by atoms with Gasteiger partial charge in [0.2, 0.25) is 11.8 Å². The van der Waals surface area contributed by atoms with Crippen molar-refractivity contribution in [3.63, 3.8) is 0 Å². The van der Waals surface area contributed by atoms with Crippen molar-refractivity contribution >= 4 is 5.91 Å². The molecule has 1 aromatic heterocycles. The second-order valence-corrected chi connectivity index (χ2v) is 7.04. The summed E-state index contributed by atoms with van der Waals surface area (Å²) >= 11 is 0. The molecule has 5 nitrogen and oxygen atoms in total. The summed E-state index contributed by atoms with van der Waals surface area (Å²) < 4.78 is 32.8. The van der Waals surface area contributed by atoms with Crippen molar-refractivity contribution in [1.82, 2.24) is 14.8 Å². The first-order valence-electron chi connectivity index (χ1n) is 8.45. The van der Waals surface area contributed by atoms with Gasteiger partial charge in [0.15, 0.2) is 0 Å². The number of carbonyl (C=O) groups excluding carboxylic acids is 1. The number of hydrogen-bond acceptors (Lipinski definition) is 4. The molecule has 130 valence electrons. The quantitative estimate of drug-likeness (QED) is 0.788. The van der Waals surface area contributed by atoms with Crippen LogP contribution in [0.1, 0.15) is 36.0 Å². The molecule has 1 saturated carbocycles. The summed E-state index contributed by atoms with van der Waals surface area (Å²) in [5.74, 6) is -2.24. The van der Waals surface area contributed by atoms with Gasteiger partial charge in [-0.1, -0.05) is 0 Å². The summed E-state index contributed by atoms with van der Waals surface area (Å²) in [4.78, 5) is 20.8. The smallest absolute Gasteiger partial charge is 0.259 e. The van der Waals surface area contributed by atoms with Crippen LogP contribution >= 0.6 is 0 Å². The number of aromatic nitrogens is 1. The van der Waals surface area contributed by atoms with Crippen LogP contribution in [0.15, 0.2) is 18.3 Å². The first kappa shape index (κ1) is 15.7. The molecule has 1 saturated heterocycles. The molecule has 1 aliphatic carbocycles. The lowest BCUT2D eigenvalue weighted by Crippen LogP contribution is -2.44. The summed E-state index contributed by atoms with van der Waals surface area (Å²) in [6.45, 7) is 1.31. The molecule has 0 spiro atoms. The van der Waals surface area contributed by atoms with Crippen molar-refractivity contribution in [2.75, 3.05) is 20.1 Å². The van der Waals surface area contributed by atoms with Crippen LogP contribution in [0, 0.1) is 0 Å². The van der Waals surface area contributed by atoms with Crippen molar-refractivity contribution in [3.05, 3.63) is 23.9 Å². The molecule has 2 atom stereocenters. The topological polar surface area (TPSA) is 45.7 Å². The van der Waals surface area contributed by atoms with E-state index >= 15 is 0 Å². The van der Waals surface area contributed by atoms with Crippen LogP contribution in [0.5, 0.6) is 5.88 Å². The Balaban J connectivity index is 1.52. The lowest BCUT2D eigenvalue weighted by atomic mass is 9.91. The largest absolute Gasteiger partial charge is 0.470 e. The SMILES string of the molecule is CN1C(=O)c2cccnc2O[C@H]2CN(C3CCC(F)(F)CC3)C[C@H]21. The van der Waals surface area contributed by atoms with Gasteiger partial charge in [-0.25, -0.2) is 13.8 Å². The number of likely N-dealkylation sites (tertiary alicyclic amines) is 1. The first-order valence-corrected chi connectivity index (χ1v) is 8.45. The fourth-order valence-corrected chi connectivity index (χ4v) is 4.09. The van der Waals surface area contributed by atoms with E-state index < -0.39 is 5.92 Å². The lowest BCUT2D eigenvalue weighted by molar-refractivity contribution is -0.0523. The Morgan fingerprint density at radius 1 is 1.29 bits per heavy atom. The van der Waals surface area contributed by atoms with Gasteiger partial charge in [0.1, 0.15) is 11.7 Å². The van der Waals surface area contributed by atoms with E-state index in [4.69, 9.17) is 4.74 Å². The third kappa shape index (κ3) is 2.64. The van der Waals surface area contributed by atoms with Gasteiger partial charge in [-0.2, -0.15) is 0 Å². The number of alkyl halides is 2. The number of nitrogens with zero attached hydrogens (tertiary/aromatic N) is 3. The Kier molecular flexibility index (Phi) is 3.71. The number of likely N-dealkylation sites (N-methyl/N-ethyl adjacent to an activating group) is 1. The highest BCUT2D eigenvalue weighted by atomic mass is 19.3. The van der Waals surface area contributed by atoms with Crippen molar-refractivity contribution < 1.29 is 18.3 Å². The third-order valence-electron chi connectivity index (χ3n) is 5.55. The van der Waals surface area contributed by atoms with Gasteiger partial charge in [-0.05, 0) is 25.0 Å². The summed E-state index contributed by atoms with van der Waals surface area (Å²) in [6, 6.07) is 3.52. The molecule has 2 fully saturated rings. The number of amides is 1. The van der Waals surface area contributed by atoms with Crippen LogP contribution in [0.25, 0.3) is 0 Å². The number of pyridine rings is 1. The minimum Gasteiger partial charge on any atom is -0.470 e. The normalized spacial score (nSPS) is 30.5. The van der Waals surface area contributed by atoms with E-state index in [1.54, 1.807) is 30.3 Å². The predicted octanol–water partition coefficient (Wildman–Crippen LogP) is 2.18. The lowest BCUT2D eigenvalue weighted by Gasteiger charge is -2.34. The van der Waals surface area contributed by atoms with Crippen LogP contribution in [-0.2, 0) is 0 Å². The van der Waals surface area contributed by atoms with Crippen LogP contribution in [0.3, 0.4) is 0 Å². The summed E-state index contributed by atoms with van der Waals surface area (Å²) in [6.07, 6.45) is 2.34. The number of ether oxygens (including phenoxy) is 1. The number of fused-ring (bicyclic) bond motifs is 2. The molecule has 0 unspecified atom stereocenters. The van der Waals surface area contributed by atoms with Gasteiger partial charge in [-0.3, -0.25) is 9.69 Å². The molecule has 1 amide bonds. The molecule has 0 bridgehead atoms. The maximum atomic E-state index is 13.4. The van der Waals surface area contributed by atoms with Crippen LogP contribution in [-0.4, -0.2) is 64.9 Å². The highest BCUT2D eigenvalue weighted by Gasteiger charge is 2.46. The van der Waals surface area contributed by atoms with Gasteiger partial charge >= 0.3 is 0 Å². The minimum atomic E-state index is -2.52. The second kappa shape index (κ2) is 5.65.